The van der Waals surface area contributed by atoms with Crippen molar-refractivity contribution in [3.63, 3.8) is 0 Å². The Balaban J connectivity index is 2.37. The molecule has 0 aromatic heterocycles. The number of benzene rings is 1. The highest BCUT2D eigenvalue weighted by Crippen LogP contribution is 2.21. The molecule has 0 aliphatic heterocycles. The molecule has 0 fully saturated rings. The Bertz CT molecular complexity index is 483. The van der Waals surface area contributed by atoms with E-state index >= 15 is 0 Å². The lowest BCUT2D eigenvalue weighted by molar-refractivity contribution is -0.295. The van der Waals surface area contributed by atoms with Crippen molar-refractivity contribution in [1.82, 2.24) is 0 Å². The van der Waals surface area contributed by atoms with E-state index < -0.39 is 29.2 Å². The van der Waals surface area contributed by atoms with Crippen LogP contribution in [0.3, 0.4) is 0 Å². The first kappa shape index (κ1) is 18.1. The van der Waals surface area contributed by atoms with E-state index in [-0.39, 0.29) is 28.9 Å². The van der Waals surface area contributed by atoms with E-state index in [9.17, 15) is 27.8 Å². The van der Waals surface area contributed by atoms with Gasteiger partial charge in [-0.05, 0) is 30.9 Å². The minimum absolute atomic E-state index is 0.0602. The fraction of sp³-hybridized carbons (Fsp3) is 0.538. The van der Waals surface area contributed by atoms with Crippen LogP contribution in [0.1, 0.15) is 37.7 Å². The molecule has 0 aliphatic carbocycles. The first-order valence-corrected chi connectivity index (χ1v) is 7.42. The number of halogens is 4. The number of unbranched alkanes of at least 4 members (excludes halogenated alkanes) is 3. The third-order valence-electron chi connectivity index (χ3n) is 3.20. The summed E-state index contributed by atoms with van der Waals surface area (Å²) in [4.78, 5) is 0. The van der Waals surface area contributed by atoms with Crippen molar-refractivity contribution in [3.8, 4) is 0 Å². The largest absolute Gasteiger partial charge is 0.381 e. The Kier molecular flexibility index (Phi) is 6.79. The van der Waals surface area contributed by atoms with Crippen molar-refractivity contribution >= 4 is 10.5 Å². The summed E-state index contributed by atoms with van der Waals surface area (Å²) in [6, 6.07) is 0.662. The molecule has 1 aromatic carbocycles. The van der Waals surface area contributed by atoms with Crippen molar-refractivity contribution in [2.24, 2.45) is 0 Å². The van der Waals surface area contributed by atoms with Gasteiger partial charge in [0.1, 0.15) is 0 Å². The van der Waals surface area contributed by atoms with Crippen molar-refractivity contribution in [2.75, 3.05) is 0 Å². The molecule has 1 rings (SSSR count). The molecule has 0 amide bonds. The van der Waals surface area contributed by atoms with E-state index in [0.717, 1.165) is 0 Å². The second kappa shape index (κ2) is 7.88. The smallest absolute Gasteiger partial charge is 0.267 e. The van der Waals surface area contributed by atoms with Crippen LogP contribution >= 0.6 is 0 Å². The first-order chi connectivity index (χ1) is 9.78. The monoisotopic (exact) mass is 326 g/mol. The third-order valence-corrected chi connectivity index (χ3v) is 3.86. The predicted octanol–water partition coefficient (Wildman–Crippen LogP) is 1.67. The van der Waals surface area contributed by atoms with Gasteiger partial charge >= 0.3 is 0 Å². The van der Waals surface area contributed by atoms with Crippen LogP contribution in [-0.4, -0.2) is 26.7 Å². The van der Waals surface area contributed by atoms with Crippen LogP contribution in [0, 0.1) is 23.3 Å². The van der Waals surface area contributed by atoms with Crippen molar-refractivity contribution in [2.45, 2.75) is 44.5 Å². The second-order valence-corrected chi connectivity index (χ2v) is 5.23. The molecular formula is C13H18F4O3Si. The molecule has 0 unspecified atom stereocenters. The normalized spacial score (nSPS) is 12.1. The van der Waals surface area contributed by atoms with Crippen LogP contribution in [-0.2, 0) is 10.8 Å². The molecule has 0 aliphatic rings. The highest BCUT2D eigenvalue weighted by atomic mass is 28.2. The molecule has 3 nitrogen and oxygen atoms in total. The number of hydrogen-bond acceptors (Lipinski definition) is 3. The van der Waals surface area contributed by atoms with Crippen molar-refractivity contribution in [1.29, 1.82) is 0 Å². The molecule has 0 saturated heterocycles. The fourth-order valence-electron chi connectivity index (χ4n) is 1.93. The topological polar surface area (TPSA) is 49.7 Å². The average molecular weight is 326 g/mol. The number of rotatable bonds is 8. The summed E-state index contributed by atoms with van der Waals surface area (Å²) in [6.07, 6.45) is 2.32. The lowest BCUT2D eigenvalue weighted by Gasteiger charge is -2.19. The SMILES string of the molecule is OC(O)(CCCCCCc1cc(F)c(F)c(F)c1F)O[SiH3]. The Morgan fingerprint density at radius 2 is 1.57 bits per heavy atom. The molecule has 120 valence electrons. The van der Waals surface area contributed by atoms with Gasteiger partial charge in [0.05, 0.1) is 0 Å². The van der Waals surface area contributed by atoms with Crippen LogP contribution in [0.2, 0.25) is 0 Å². The van der Waals surface area contributed by atoms with E-state index in [4.69, 9.17) is 0 Å². The lowest BCUT2D eigenvalue weighted by Crippen LogP contribution is -2.30. The third kappa shape index (κ3) is 5.38. The molecule has 0 heterocycles. The highest BCUT2D eigenvalue weighted by molar-refractivity contribution is 5.98. The average Bonchev–Trinajstić information content (AvgIpc) is 2.45. The van der Waals surface area contributed by atoms with Gasteiger partial charge in [-0.25, -0.2) is 17.6 Å². The zero-order valence-corrected chi connectivity index (χ0v) is 13.6. The van der Waals surface area contributed by atoms with Crippen LogP contribution < -0.4 is 0 Å². The molecule has 0 spiro atoms. The maximum absolute atomic E-state index is 13.4. The molecule has 1 aromatic rings. The molecular weight excluding hydrogens is 308 g/mol. The van der Waals surface area contributed by atoms with Crippen molar-refractivity contribution < 1.29 is 32.2 Å². The zero-order valence-electron chi connectivity index (χ0n) is 11.6. The van der Waals surface area contributed by atoms with Crippen LogP contribution in [0.4, 0.5) is 17.6 Å². The van der Waals surface area contributed by atoms with Gasteiger partial charge in [-0.2, -0.15) is 0 Å². The fourth-order valence-corrected chi connectivity index (χ4v) is 2.13. The van der Waals surface area contributed by atoms with Gasteiger partial charge in [0.25, 0.3) is 5.97 Å². The van der Waals surface area contributed by atoms with Crippen molar-refractivity contribution in [3.05, 3.63) is 34.9 Å². The molecule has 0 radical (unpaired) electrons. The first-order valence-electron chi connectivity index (χ1n) is 6.60. The minimum atomic E-state index is -2.10. The van der Waals surface area contributed by atoms with Crippen LogP contribution in [0.25, 0.3) is 0 Å². The molecule has 8 heteroatoms. The van der Waals surface area contributed by atoms with Crippen LogP contribution in [0.15, 0.2) is 6.07 Å². The summed E-state index contributed by atoms with van der Waals surface area (Å²) in [7, 11) is 0.203. The summed E-state index contributed by atoms with van der Waals surface area (Å²) in [5.74, 6) is -8.45. The Morgan fingerprint density at radius 1 is 0.952 bits per heavy atom. The van der Waals surface area contributed by atoms with Gasteiger partial charge in [0.15, 0.2) is 33.8 Å². The van der Waals surface area contributed by atoms with Crippen LogP contribution in [0.5, 0.6) is 0 Å². The number of hydrogen-bond donors (Lipinski definition) is 2. The minimum Gasteiger partial charge on any atom is -0.381 e. The number of aryl methyl sites for hydroxylation is 1. The summed E-state index contributed by atoms with van der Waals surface area (Å²) in [5.41, 5.74) is -0.201. The maximum atomic E-state index is 13.4. The van der Waals surface area contributed by atoms with Gasteiger partial charge in [0.2, 0.25) is 0 Å². The van der Waals surface area contributed by atoms with Gasteiger partial charge in [-0.15, -0.1) is 0 Å². The Labute approximate surface area is 123 Å². The summed E-state index contributed by atoms with van der Waals surface area (Å²) in [5, 5.41) is 18.4. The summed E-state index contributed by atoms with van der Waals surface area (Å²) >= 11 is 0. The molecule has 2 N–H and O–H groups in total. The molecule has 0 bridgehead atoms. The highest BCUT2D eigenvalue weighted by Gasteiger charge is 2.20. The summed E-state index contributed by atoms with van der Waals surface area (Å²) in [6.45, 7) is 0. The Hall–Kier alpha value is -0.963. The lowest BCUT2D eigenvalue weighted by atomic mass is 10.0. The quantitative estimate of drug-likeness (QED) is 0.191. The van der Waals surface area contributed by atoms with Gasteiger partial charge in [-0.1, -0.05) is 12.8 Å². The zero-order chi connectivity index (χ0) is 16.0. The van der Waals surface area contributed by atoms with Gasteiger partial charge in [0, 0.05) is 6.42 Å². The molecule has 0 saturated carbocycles. The van der Waals surface area contributed by atoms with E-state index in [1.165, 1.54) is 0 Å². The predicted molar refractivity (Wildman–Crippen MR) is 71.3 cm³/mol. The van der Waals surface area contributed by atoms with Gasteiger partial charge < -0.3 is 14.6 Å². The molecule has 0 atom stereocenters. The van der Waals surface area contributed by atoms with E-state index in [1.54, 1.807) is 0 Å². The number of aliphatic hydroxyl groups is 2. The van der Waals surface area contributed by atoms with E-state index in [2.05, 4.69) is 4.43 Å². The summed E-state index contributed by atoms with van der Waals surface area (Å²) < 4.78 is 56.6. The second-order valence-electron chi connectivity index (χ2n) is 4.82. The Morgan fingerprint density at radius 3 is 2.19 bits per heavy atom. The molecule has 21 heavy (non-hydrogen) atoms. The standard InChI is InChI=1S/C13H18F4O3Si/c14-9-7-8(10(15)12(17)11(9)16)5-3-1-2-4-6-13(18,19)20-21/h7,18-19H,1-6H2,21H3. The van der Waals surface area contributed by atoms with Gasteiger partial charge in [-0.3, -0.25) is 0 Å². The van der Waals surface area contributed by atoms with E-state index in [0.29, 0.717) is 31.7 Å². The van der Waals surface area contributed by atoms with E-state index in [1.807, 2.05) is 0 Å². The maximum Gasteiger partial charge on any atom is 0.267 e.